The Hall–Kier alpha value is -2.29. The monoisotopic (exact) mass is 266 g/mol. The Kier molecular flexibility index (Phi) is 3.18. The van der Waals surface area contributed by atoms with E-state index < -0.39 is 0 Å². The van der Waals surface area contributed by atoms with Crippen molar-refractivity contribution in [2.24, 2.45) is 0 Å². The van der Waals surface area contributed by atoms with Crippen LogP contribution in [-0.4, -0.2) is 14.9 Å². The Morgan fingerprint density at radius 1 is 1.10 bits per heavy atom. The van der Waals surface area contributed by atoms with Crippen molar-refractivity contribution in [1.82, 2.24) is 9.78 Å². The van der Waals surface area contributed by atoms with Crippen molar-refractivity contribution < 1.29 is 5.11 Å². The van der Waals surface area contributed by atoms with Gasteiger partial charge in [-0.15, -0.1) is 0 Å². The Labute approximate surface area is 118 Å². The van der Waals surface area contributed by atoms with E-state index in [1.807, 2.05) is 12.1 Å². The highest BCUT2D eigenvalue weighted by Crippen LogP contribution is 2.31. The summed E-state index contributed by atoms with van der Waals surface area (Å²) in [4.78, 5) is 0. The zero-order valence-electron chi connectivity index (χ0n) is 11.8. The molecule has 0 atom stereocenters. The molecule has 0 spiro atoms. The van der Waals surface area contributed by atoms with Crippen molar-refractivity contribution in [2.45, 2.75) is 26.8 Å². The fourth-order valence-electron chi connectivity index (χ4n) is 2.59. The number of benzene rings is 2. The summed E-state index contributed by atoms with van der Waals surface area (Å²) in [6.45, 7) is 5.14. The first kappa shape index (κ1) is 12.7. The molecule has 1 aromatic heterocycles. The lowest BCUT2D eigenvalue weighted by Crippen LogP contribution is -2.01. The standard InChI is InChI=1S/C17H18N2O/c1-3-11-19-17(13-7-9-14(20)10-8-13)15-6-4-5-12(2)16(15)18-19/h4-10,20H,3,11H2,1-2H3. The van der Waals surface area contributed by atoms with E-state index in [2.05, 4.69) is 36.7 Å². The minimum atomic E-state index is 0.288. The third-order valence-electron chi connectivity index (χ3n) is 3.55. The van der Waals surface area contributed by atoms with Gasteiger partial charge in [-0.05, 0) is 43.2 Å². The average Bonchev–Trinajstić information content (AvgIpc) is 2.80. The predicted molar refractivity (Wildman–Crippen MR) is 81.9 cm³/mol. The van der Waals surface area contributed by atoms with Crippen LogP contribution in [0.5, 0.6) is 5.75 Å². The van der Waals surface area contributed by atoms with Crippen LogP contribution in [0, 0.1) is 6.92 Å². The minimum absolute atomic E-state index is 0.288. The van der Waals surface area contributed by atoms with Crippen LogP contribution in [0.15, 0.2) is 42.5 Å². The van der Waals surface area contributed by atoms with E-state index in [1.54, 1.807) is 12.1 Å². The summed E-state index contributed by atoms with van der Waals surface area (Å²) < 4.78 is 2.07. The minimum Gasteiger partial charge on any atom is -0.508 e. The summed E-state index contributed by atoms with van der Waals surface area (Å²) in [5.41, 5.74) is 4.47. The number of phenols is 1. The molecule has 0 bridgehead atoms. The van der Waals surface area contributed by atoms with Crippen LogP contribution in [0.1, 0.15) is 18.9 Å². The molecule has 2 aromatic carbocycles. The molecule has 0 aliphatic heterocycles. The Bertz CT molecular complexity index is 742. The van der Waals surface area contributed by atoms with Gasteiger partial charge in [0.1, 0.15) is 5.75 Å². The van der Waals surface area contributed by atoms with Crippen molar-refractivity contribution in [3.8, 4) is 17.0 Å². The van der Waals surface area contributed by atoms with Crippen molar-refractivity contribution in [2.75, 3.05) is 0 Å². The lowest BCUT2D eigenvalue weighted by atomic mass is 10.1. The smallest absolute Gasteiger partial charge is 0.115 e. The average molecular weight is 266 g/mol. The number of aromatic hydroxyl groups is 1. The molecule has 0 amide bonds. The molecule has 0 aliphatic rings. The molecule has 0 saturated heterocycles. The van der Waals surface area contributed by atoms with Crippen molar-refractivity contribution in [1.29, 1.82) is 0 Å². The van der Waals surface area contributed by atoms with E-state index in [0.717, 1.165) is 29.7 Å². The number of phenolic OH excluding ortho intramolecular Hbond substituents is 1. The van der Waals surface area contributed by atoms with E-state index in [9.17, 15) is 5.11 Å². The Balaban J connectivity index is 2.28. The molecular formula is C17H18N2O. The molecule has 1 N–H and O–H groups in total. The van der Waals surface area contributed by atoms with Gasteiger partial charge in [0.25, 0.3) is 0 Å². The zero-order valence-corrected chi connectivity index (χ0v) is 11.8. The highest BCUT2D eigenvalue weighted by molar-refractivity contribution is 5.95. The summed E-state index contributed by atoms with van der Waals surface area (Å²) in [6, 6.07) is 13.6. The number of aryl methyl sites for hydroxylation is 2. The van der Waals surface area contributed by atoms with Gasteiger partial charge in [-0.1, -0.05) is 25.1 Å². The summed E-state index contributed by atoms with van der Waals surface area (Å²) >= 11 is 0. The second kappa shape index (κ2) is 5.00. The number of fused-ring (bicyclic) bond motifs is 1. The Morgan fingerprint density at radius 2 is 1.85 bits per heavy atom. The molecule has 1 heterocycles. The van der Waals surface area contributed by atoms with Gasteiger partial charge in [0, 0.05) is 17.5 Å². The first-order chi connectivity index (χ1) is 9.70. The molecule has 0 unspecified atom stereocenters. The summed E-state index contributed by atoms with van der Waals surface area (Å²) in [5, 5.41) is 15.4. The zero-order chi connectivity index (χ0) is 14.1. The highest BCUT2D eigenvalue weighted by Gasteiger charge is 2.13. The molecule has 3 heteroatoms. The molecule has 0 saturated carbocycles. The van der Waals surface area contributed by atoms with Crippen LogP contribution in [-0.2, 0) is 6.54 Å². The molecule has 102 valence electrons. The summed E-state index contributed by atoms with van der Waals surface area (Å²) in [6.07, 6.45) is 1.04. The molecule has 3 aromatic rings. The van der Waals surface area contributed by atoms with E-state index in [-0.39, 0.29) is 5.75 Å². The van der Waals surface area contributed by atoms with Gasteiger partial charge in [-0.3, -0.25) is 4.68 Å². The molecule has 20 heavy (non-hydrogen) atoms. The van der Waals surface area contributed by atoms with E-state index in [4.69, 9.17) is 5.10 Å². The quantitative estimate of drug-likeness (QED) is 0.774. The maximum atomic E-state index is 9.46. The van der Waals surface area contributed by atoms with E-state index in [1.165, 1.54) is 10.9 Å². The third-order valence-corrected chi connectivity index (χ3v) is 3.55. The van der Waals surface area contributed by atoms with Crippen molar-refractivity contribution >= 4 is 10.9 Å². The summed E-state index contributed by atoms with van der Waals surface area (Å²) in [5.74, 6) is 0.288. The first-order valence-corrected chi connectivity index (χ1v) is 6.96. The number of nitrogens with zero attached hydrogens (tertiary/aromatic N) is 2. The van der Waals surface area contributed by atoms with Gasteiger partial charge >= 0.3 is 0 Å². The number of aromatic nitrogens is 2. The second-order valence-corrected chi connectivity index (χ2v) is 5.09. The number of rotatable bonds is 3. The molecule has 0 fully saturated rings. The second-order valence-electron chi connectivity index (χ2n) is 5.09. The summed E-state index contributed by atoms with van der Waals surface area (Å²) in [7, 11) is 0. The molecule has 0 aliphatic carbocycles. The molecule has 3 rings (SSSR count). The molecule has 0 radical (unpaired) electrons. The lowest BCUT2D eigenvalue weighted by Gasteiger charge is -2.07. The van der Waals surface area contributed by atoms with Gasteiger partial charge in [0.15, 0.2) is 0 Å². The fourth-order valence-corrected chi connectivity index (χ4v) is 2.59. The fraction of sp³-hybridized carbons (Fsp3) is 0.235. The van der Waals surface area contributed by atoms with Gasteiger partial charge < -0.3 is 5.11 Å². The van der Waals surface area contributed by atoms with E-state index in [0.29, 0.717) is 0 Å². The Morgan fingerprint density at radius 3 is 2.55 bits per heavy atom. The predicted octanol–water partition coefficient (Wildman–Crippen LogP) is 4.13. The third kappa shape index (κ3) is 2.05. The normalized spacial score (nSPS) is 11.1. The van der Waals surface area contributed by atoms with Crippen LogP contribution < -0.4 is 0 Å². The first-order valence-electron chi connectivity index (χ1n) is 6.96. The van der Waals surface area contributed by atoms with Crippen LogP contribution >= 0.6 is 0 Å². The molecule has 3 nitrogen and oxygen atoms in total. The van der Waals surface area contributed by atoms with Crippen molar-refractivity contribution in [3.63, 3.8) is 0 Å². The van der Waals surface area contributed by atoms with Crippen LogP contribution in [0.4, 0.5) is 0 Å². The highest BCUT2D eigenvalue weighted by atomic mass is 16.3. The van der Waals surface area contributed by atoms with Crippen LogP contribution in [0.2, 0.25) is 0 Å². The maximum Gasteiger partial charge on any atom is 0.115 e. The van der Waals surface area contributed by atoms with Gasteiger partial charge in [-0.2, -0.15) is 5.10 Å². The van der Waals surface area contributed by atoms with Gasteiger partial charge in [0.05, 0.1) is 11.2 Å². The number of hydrogen-bond donors (Lipinski definition) is 1. The largest absolute Gasteiger partial charge is 0.508 e. The topological polar surface area (TPSA) is 38.0 Å². The number of hydrogen-bond acceptors (Lipinski definition) is 2. The SMILES string of the molecule is CCCn1nc2c(C)cccc2c1-c1ccc(O)cc1. The van der Waals surface area contributed by atoms with Crippen LogP contribution in [0.25, 0.3) is 22.2 Å². The van der Waals surface area contributed by atoms with Crippen LogP contribution in [0.3, 0.4) is 0 Å². The maximum absolute atomic E-state index is 9.46. The lowest BCUT2D eigenvalue weighted by molar-refractivity contribution is 0.475. The molecular weight excluding hydrogens is 248 g/mol. The van der Waals surface area contributed by atoms with Crippen molar-refractivity contribution in [3.05, 3.63) is 48.0 Å². The van der Waals surface area contributed by atoms with Gasteiger partial charge in [-0.25, -0.2) is 0 Å². The van der Waals surface area contributed by atoms with E-state index >= 15 is 0 Å². The van der Waals surface area contributed by atoms with Gasteiger partial charge in [0.2, 0.25) is 0 Å².